The highest BCUT2D eigenvalue weighted by Gasteiger charge is 2.27. The Bertz CT molecular complexity index is 1090. The third-order valence-electron chi connectivity index (χ3n) is 5.97. The molecule has 0 saturated carbocycles. The van der Waals surface area contributed by atoms with Crippen LogP contribution in [0.4, 0.5) is 5.69 Å². The molecule has 0 spiro atoms. The number of benzene rings is 1. The molecule has 2 heterocycles. The number of methoxy groups -OCH3 is 1. The molecule has 0 radical (unpaired) electrons. The van der Waals surface area contributed by atoms with Gasteiger partial charge in [-0.3, -0.25) is 14.4 Å². The molecule has 0 fully saturated rings. The number of hydrogen-bond donors (Lipinski definition) is 1. The molecule has 3 atom stereocenters. The summed E-state index contributed by atoms with van der Waals surface area (Å²) in [5, 5.41) is -0.105. The van der Waals surface area contributed by atoms with Crippen molar-refractivity contribution >= 4 is 21.6 Å². The van der Waals surface area contributed by atoms with Gasteiger partial charge >= 0.3 is 0 Å². The summed E-state index contributed by atoms with van der Waals surface area (Å²) in [7, 11) is 3.17. The second-order valence-electron chi connectivity index (χ2n) is 8.73. The van der Waals surface area contributed by atoms with Gasteiger partial charge in [-0.05, 0) is 38.1 Å². The van der Waals surface area contributed by atoms with Crippen LogP contribution in [0.3, 0.4) is 0 Å². The zero-order valence-corrected chi connectivity index (χ0v) is 20.8. The smallest absolute Gasteiger partial charge is 0.280 e. The van der Waals surface area contributed by atoms with E-state index < -0.39 is 10.0 Å². The second kappa shape index (κ2) is 10.1. The van der Waals surface area contributed by atoms with Gasteiger partial charge in [0.2, 0.25) is 0 Å². The van der Waals surface area contributed by atoms with Gasteiger partial charge in [-0.1, -0.05) is 6.92 Å². The standard InChI is InChI=1S/C22H33N5O5S/c1-15-10-26(4)16(2)13-32-19-8-7-17(24-33(29,30)21-12-25(3)14-23-21)9-18(19)22(28)27(5)11-20(15)31-6/h7-9,12,14-16,20,24H,10-11,13H2,1-6H3/t15-,16+,20+/m1/s1. The molecular weight excluding hydrogens is 446 g/mol. The maximum Gasteiger partial charge on any atom is 0.280 e. The third kappa shape index (κ3) is 5.84. The number of nitrogens with one attached hydrogen (secondary N) is 1. The summed E-state index contributed by atoms with van der Waals surface area (Å²) >= 11 is 0. The molecular formula is C22H33N5O5S. The lowest BCUT2D eigenvalue weighted by Gasteiger charge is -2.34. The summed E-state index contributed by atoms with van der Waals surface area (Å²) < 4.78 is 41.1. The summed E-state index contributed by atoms with van der Waals surface area (Å²) in [5.74, 6) is 0.309. The number of ether oxygens (including phenoxy) is 2. The zero-order valence-electron chi connectivity index (χ0n) is 20.0. The van der Waals surface area contributed by atoms with Crippen LogP contribution in [0.1, 0.15) is 24.2 Å². The Morgan fingerprint density at radius 3 is 2.55 bits per heavy atom. The van der Waals surface area contributed by atoms with Gasteiger partial charge in [-0.2, -0.15) is 8.42 Å². The highest BCUT2D eigenvalue weighted by molar-refractivity contribution is 7.92. The number of sulfonamides is 1. The molecule has 0 bridgehead atoms. The Labute approximate surface area is 195 Å². The van der Waals surface area contributed by atoms with Crippen LogP contribution in [0.25, 0.3) is 0 Å². The number of carbonyl (C=O) groups is 1. The SMILES string of the molecule is CO[C@H]1CN(C)C(=O)c2cc(NS(=O)(=O)c3cn(C)cn3)ccc2OC[C@H](C)N(C)C[C@H]1C. The maximum absolute atomic E-state index is 13.3. The van der Waals surface area contributed by atoms with Crippen molar-refractivity contribution in [2.75, 3.05) is 45.6 Å². The average molecular weight is 480 g/mol. The van der Waals surface area contributed by atoms with Crippen LogP contribution in [0.2, 0.25) is 0 Å². The molecule has 1 amide bonds. The summed E-state index contributed by atoms with van der Waals surface area (Å²) in [5.41, 5.74) is 0.523. The lowest BCUT2D eigenvalue weighted by atomic mass is 10.0. The summed E-state index contributed by atoms with van der Waals surface area (Å²) in [6, 6.07) is 4.80. The molecule has 182 valence electrons. The molecule has 0 aliphatic carbocycles. The second-order valence-corrected chi connectivity index (χ2v) is 10.4. The first-order valence-corrected chi connectivity index (χ1v) is 12.3. The van der Waals surface area contributed by atoms with E-state index in [9.17, 15) is 13.2 Å². The Morgan fingerprint density at radius 2 is 1.91 bits per heavy atom. The van der Waals surface area contributed by atoms with E-state index in [4.69, 9.17) is 9.47 Å². The van der Waals surface area contributed by atoms with E-state index in [2.05, 4.69) is 28.5 Å². The van der Waals surface area contributed by atoms with Gasteiger partial charge in [0, 0.05) is 52.2 Å². The van der Waals surface area contributed by atoms with Crippen LogP contribution in [-0.2, 0) is 21.8 Å². The average Bonchev–Trinajstić information content (AvgIpc) is 3.21. The van der Waals surface area contributed by atoms with Crippen LogP contribution in [0, 0.1) is 5.92 Å². The molecule has 3 rings (SSSR count). The van der Waals surface area contributed by atoms with E-state index in [-0.39, 0.29) is 40.2 Å². The quantitative estimate of drug-likeness (QED) is 0.711. The fourth-order valence-corrected chi connectivity index (χ4v) is 4.79. The van der Waals surface area contributed by atoms with Crippen LogP contribution >= 0.6 is 0 Å². The number of aromatic nitrogens is 2. The molecule has 2 aromatic rings. The van der Waals surface area contributed by atoms with Crippen molar-refractivity contribution in [3.8, 4) is 5.75 Å². The van der Waals surface area contributed by atoms with Crippen LogP contribution in [0.5, 0.6) is 5.75 Å². The minimum Gasteiger partial charge on any atom is -0.491 e. The van der Waals surface area contributed by atoms with Crippen molar-refractivity contribution in [2.45, 2.75) is 31.0 Å². The fourth-order valence-electron chi connectivity index (χ4n) is 3.76. The van der Waals surface area contributed by atoms with Gasteiger partial charge in [-0.15, -0.1) is 0 Å². The minimum absolute atomic E-state index is 0.104. The topological polar surface area (TPSA) is 106 Å². The van der Waals surface area contributed by atoms with Crippen LogP contribution < -0.4 is 9.46 Å². The molecule has 0 unspecified atom stereocenters. The number of rotatable bonds is 4. The number of fused-ring (bicyclic) bond motifs is 1. The first-order chi connectivity index (χ1) is 15.5. The molecule has 1 aliphatic rings. The van der Waals surface area contributed by atoms with E-state index in [0.717, 1.165) is 6.54 Å². The molecule has 1 aliphatic heterocycles. The van der Waals surface area contributed by atoms with Gasteiger partial charge < -0.3 is 18.9 Å². The van der Waals surface area contributed by atoms with Crippen molar-refractivity contribution in [3.05, 3.63) is 36.3 Å². The zero-order chi connectivity index (χ0) is 24.3. The number of nitrogens with zero attached hydrogens (tertiary/aromatic N) is 4. The predicted octanol–water partition coefficient (Wildman–Crippen LogP) is 1.66. The molecule has 1 aromatic carbocycles. The van der Waals surface area contributed by atoms with Gasteiger partial charge in [0.05, 0.1) is 18.0 Å². The summed E-state index contributed by atoms with van der Waals surface area (Å²) in [6.45, 7) is 5.72. The van der Waals surface area contributed by atoms with Gasteiger partial charge in [0.15, 0.2) is 5.03 Å². The predicted molar refractivity (Wildman–Crippen MR) is 125 cm³/mol. The largest absolute Gasteiger partial charge is 0.491 e. The Balaban J connectivity index is 1.95. The molecule has 10 nitrogen and oxygen atoms in total. The Hall–Kier alpha value is -2.63. The highest BCUT2D eigenvalue weighted by Crippen LogP contribution is 2.27. The molecule has 0 saturated heterocycles. The van der Waals surface area contributed by atoms with E-state index in [0.29, 0.717) is 18.9 Å². The Kier molecular flexibility index (Phi) is 7.65. The highest BCUT2D eigenvalue weighted by atomic mass is 32.2. The molecule has 11 heteroatoms. The molecule has 1 N–H and O–H groups in total. The minimum atomic E-state index is -3.90. The van der Waals surface area contributed by atoms with E-state index in [1.54, 1.807) is 42.8 Å². The first-order valence-electron chi connectivity index (χ1n) is 10.8. The number of aryl methyl sites for hydroxylation is 1. The summed E-state index contributed by atoms with van der Waals surface area (Å²) in [4.78, 5) is 21.0. The van der Waals surface area contributed by atoms with Crippen molar-refractivity contribution < 1.29 is 22.7 Å². The van der Waals surface area contributed by atoms with E-state index in [1.807, 2.05) is 7.05 Å². The maximum atomic E-state index is 13.3. The normalized spacial score (nSPS) is 23.3. The van der Waals surface area contributed by atoms with Crippen LogP contribution in [0.15, 0.2) is 35.7 Å². The Morgan fingerprint density at radius 1 is 1.18 bits per heavy atom. The third-order valence-corrected chi connectivity index (χ3v) is 7.23. The van der Waals surface area contributed by atoms with Crippen molar-refractivity contribution in [1.29, 1.82) is 0 Å². The fraction of sp³-hybridized carbons (Fsp3) is 0.545. The molecule has 33 heavy (non-hydrogen) atoms. The number of imidazole rings is 1. The van der Waals surface area contributed by atoms with Crippen LogP contribution in [-0.4, -0.2) is 86.7 Å². The first kappa shape index (κ1) is 25.0. The summed E-state index contributed by atoms with van der Waals surface area (Å²) in [6.07, 6.45) is 2.66. The van der Waals surface area contributed by atoms with Gasteiger partial charge in [0.25, 0.3) is 15.9 Å². The van der Waals surface area contributed by atoms with Gasteiger partial charge in [-0.25, -0.2) is 4.98 Å². The van der Waals surface area contributed by atoms with Crippen molar-refractivity contribution in [1.82, 2.24) is 19.4 Å². The van der Waals surface area contributed by atoms with Gasteiger partial charge in [0.1, 0.15) is 12.4 Å². The van der Waals surface area contributed by atoms with Crippen molar-refractivity contribution in [2.24, 2.45) is 13.0 Å². The van der Waals surface area contributed by atoms with Crippen molar-refractivity contribution in [3.63, 3.8) is 0 Å². The molecule has 1 aromatic heterocycles. The lowest BCUT2D eigenvalue weighted by Crippen LogP contribution is -2.45. The number of carbonyl (C=O) groups excluding carboxylic acids is 1. The number of amides is 1. The lowest BCUT2D eigenvalue weighted by molar-refractivity contribution is 0.0150. The monoisotopic (exact) mass is 479 g/mol. The number of anilines is 1. The number of likely N-dealkylation sites (N-methyl/N-ethyl adjacent to an activating group) is 2. The van der Waals surface area contributed by atoms with E-state index >= 15 is 0 Å². The van der Waals surface area contributed by atoms with E-state index in [1.165, 1.54) is 18.6 Å². The number of hydrogen-bond acceptors (Lipinski definition) is 7.